The topological polar surface area (TPSA) is 87.2 Å². The lowest BCUT2D eigenvalue weighted by atomic mass is 10.1. The van der Waals surface area contributed by atoms with Crippen molar-refractivity contribution in [1.82, 2.24) is 15.3 Å². The Morgan fingerprint density at radius 3 is 2.82 bits per heavy atom. The summed E-state index contributed by atoms with van der Waals surface area (Å²) in [5.74, 6) is -0.0383. The van der Waals surface area contributed by atoms with E-state index in [9.17, 15) is 9.90 Å². The molecule has 2 rings (SSSR count). The Morgan fingerprint density at radius 2 is 2.18 bits per heavy atom. The first-order valence-electron chi connectivity index (χ1n) is 7.18. The van der Waals surface area contributed by atoms with Gasteiger partial charge in [-0.3, -0.25) is 0 Å². The Morgan fingerprint density at radius 1 is 1.45 bits per heavy atom. The molecule has 0 bridgehead atoms. The fourth-order valence-electron chi connectivity index (χ4n) is 1.83. The standard InChI is InChI=1S/C16H21N3O3/c1-4-22-15(21)11(9-17-16(2,3)10-20)14-18-12-7-5-6-8-13(12)19-14/h5-9,17,20H,4,10H2,1-3H3,(H,18,19)/b11-9-. The summed E-state index contributed by atoms with van der Waals surface area (Å²) in [6, 6.07) is 7.53. The molecule has 0 aliphatic carbocycles. The van der Waals surface area contributed by atoms with E-state index in [1.165, 1.54) is 6.20 Å². The predicted octanol–water partition coefficient (Wildman–Crippen LogP) is 1.83. The third-order valence-electron chi connectivity index (χ3n) is 3.14. The molecule has 0 amide bonds. The maximum absolute atomic E-state index is 12.2. The van der Waals surface area contributed by atoms with Crippen molar-refractivity contribution >= 4 is 22.6 Å². The maximum atomic E-state index is 12.2. The number of aromatic nitrogens is 2. The maximum Gasteiger partial charge on any atom is 0.343 e. The molecule has 3 N–H and O–H groups in total. The van der Waals surface area contributed by atoms with Gasteiger partial charge >= 0.3 is 5.97 Å². The number of benzene rings is 1. The number of H-pyrrole nitrogens is 1. The van der Waals surface area contributed by atoms with Crippen LogP contribution < -0.4 is 5.32 Å². The van der Waals surface area contributed by atoms with Crippen molar-refractivity contribution < 1.29 is 14.6 Å². The largest absolute Gasteiger partial charge is 0.462 e. The van der Waals surface area contributed by atoms with E-state index in [-0.39, 0.29) is 13.2 Å². The van der Waals surface area contributed by atoms with E-state index in [0.29, 0.717) is 11.4 Å². The van der Waals surface area contributed by atoms with Gasteiger partial charge in [-0.2, -0.15) is 0 Å². The summed E-state index contributed by atoms with van der Waals surface area (Å²) in [5, 5.41) is 12.3. The van der Waals surface area contributed by atoms with Crippen LogP contribution in [0.3, 0.4) is 0 Å². The number of esters is 1. The van der Waals surface area contributed by atoms with Gasteiger partial charge in [0.2, 0.25) is 0 Å². The quantitative estimate of drug-likeness (QED) is 0.560. The van der Waals surface area contributed by atoms with Gasteiger partial charge < -0.3 is 20.1 Å². The second kappa shape index (κ2) is 6.62. The molecule has 6 nitrogen and oxygen atoms in total. The first-order chi connectivity index (χ1) is 10.5. The van der Waals surface area contributed by atoms with Crippen molar-refractivity contribution in [2.24, 2.45) is 0 Å². The molecule has 0 saturated carbocycles. The Balaban J connectivity index is 2.39. The summed E-state index contributed by atoms with van der Waals surface area (Å²) < 4.78 is 5.08. The van der Waals surface area contributed by atoms with Crippen LogP contribution >= 0.6 is 0 Å². The average Bonchev–Trinajstić information content (AvgIpc) is 2.91. The van der Waals surface area contributed by atoms with Crippen LogP contribution in [0.1, 0.15) is 26.6 Å². The molecular weight excluding hydrogens is 282 g/mol. The number of imidazole rings is 1. The summed E-state index contributed by atoms with van der Waals surface area (Å²) >= 11 is 0. The van der Waals surface area contributed by atoms with Gasteiger partial charge in [0.25, 0.3) is 0 Å². The molecule has 2 aromatic rings. The van der Waals surface area contributed by atoms with Crippen molar-refractivity contribution in [3.63, 3.8) is 0 Å². The van der Waals surface area contributed by atoms with Crippen LogP contribution in [-0.4, -0.2) is 39.8 Å². The Labute approximate surface area is 129 Å². The second-order valence-electron chi connectivity index (χ2n) is 5.57. The number of nitrogens with one attached hydrogen (secondary N) is 2. The Bertz CT molecular complexity index is 656. The number of para-hydroxylation sites is 2. The molecule has 1 aromatic heterocycles. The molecule has 0 saturated heterocycles. The van der Waals surface area contributed by atoms with E-state index in [1.54, 1.807) is 6.92 Å². The predicted molar refractivity (Wildman–Crippen MR) is 85.0 cm³/mol. The van der Waals surface area contributed by atoms with Gasteiger partial charge in [-0.25, -0.2) is 9.78 Å². The van der Waals surface area contributed by atoms with Gasteiger partial charge in [0.1, 0.15) is 11.4 Å². The monoisotopic (exact) mass is 303 g/mol. The van der Waals surface area contributed by atoms with Crippen LogP contribution in [0.5, 0.6) is 0 Å². The van der Waals surface area contributed by atoms with Crippen molar-refractivity contribution in [1.29, 1.82) is 0 Å². The number of aliphatic hydroxyl groups is 1. The molecule has 0 unspecified atom stereocenters. The third-order valence-corrected chi connectivity index (χ3v) is 3.14. The molecule has 0 aliphatic heterocycles. The van der Waals surface area contributed by atoms with Gasteiger partial charge in [-0.15, -0.1) is 0 Å². The van der Waals surface area contributed by atoms with Crippen molar-refractivity contribution in [3.8, 4) is 0 Å². The van der Waals surface area contributed by atoms with Crippen molar-refractivity contribution in [3.05, 3.63) is 36.3 Å². The highest BCUT2D eigenvalue weighted by Gasteiger charge is 2.20. The number of carbonyl (C=O) groups is 1. The van der Waals surface area contributed by atoms with Crippen LogP contribution in [-0.2, 0) is 9.53 Å². The first kappa shape index (κ1) is 16.0. The number of aliphatic hydroxyl groups excluding tert-OH is 1. The molecule has 0 atom stereocenters. The van der Waals surface area contributed by atoms with E-state index in [1.807, 2.05) is 38.1 Å². The fourth-order valence-corrected chi connectivity index (χ4v) is 1.83. The van der Waals surface area contributed by atoms with Crippen molar-refractivity contribution in [2.45, 2.75) is 26.3 Å². The molecule has 1 heterocycles. The highest BCUT2D eigenvalue weighted by molar-refractivity contribution is 6.15. The Hall–Kier alpha value is -2.34. The summed E-state index contributed by atoms with van der Waals surface area (Å²) in [6.07, 6.45) is 1.53. The summed E-state index contributed by atoms with van der Waals surface area (Å²) in [4.78, 5) is 19.7. The van der Waals surface area contributed by atoms with Crippen LogP contribution in [0.15, 0.2) is 30.5 Å². The zero-order valence-electron chi connectivity index (χ0n) is 13.0. The van der Waals surface area contributed by atoms with E-state index in [2.05, 4.69) is 15.3 Å². The minimum absolute atomic E-state index is 0.0697. The minimum Gasteiger partial charge on any atom is -0.462 e. The lowest BCUT2D eigenvalue weighted by Gasteiger charge is -2.22. The van der Waals surface area contributed by atoms with Gasteiger partial charge in [-0.1, -0.05) is 12.1 Å². The van der Waals surface area contributed by atoms with Crippen LogP contribution in [0, 0.1) is 0 Å². The number of hydrogen-bond acceptors (Lipinski definition) is 5. The highest BCUT2D eigenvalue weighted by Crippen LogP contribution is 2.18. The second-order valence-corrected chi connectivity index (χ2v) is 5.57. The molecular formula is C16H21N3O3. The van der Waals surface area contributed by atoms with Gasteiger partial charge in [0.05, 0.1) is 29.8 Å². The normalized spacial score (nSPS) is 12.5. The number of aromatic amines is 1. The molecule has 0 fully saturated rings. The van der Waals surface area contributed by atoms with E-state index < -0.39 is 11.5 Å². The molecule has 0 aliphatic rings. The minimum atomic E-state index is -0.552. The number of carbonyl (C=O) groups excluding carboxylic acids is 1. The molecule has 0 spiro atoms. The average molecular weight is 303 g/mol. The zero-order valence-corrected chi connectivity index (χ0v) is 13.0. The number of nitrogens with zero attached hydrogens (tertiary/aromatic N) is 1. The highest BCUT2D eigenvalue weighted by atomic mass is 16.5. The fraction of sp³-hybridized carbons (Fsp3) is 0.375. The lowest BCUT2D eigenvalue weighted by Crippen LogP contribution is -2.39. The smallest absolute Gasteiger partial charge is 0.343 e. The molecule has 118 valence electrons. The number of fused-ring (bicyclic) bond motifs is 1. The molecule has 1 aromatic carbocycles. The SMILES string of the molecule is CCOC(=O)/C(=C\NC(C)(C)CO)c1nc2ccccc2[nH]1. The van der Waals surface area contributed by atoms with Gasteiger partial charge in [-0.05, 0) is 32.9 Å². The number of hydrogen-bond donors (Lipinski definition) is 3. The third kappa shape index (κ3) is 3.65. The zero-order chi connectivity index (χ0) is 16.2. The Kier molecular flexibility index (Phi) is 4.82. The molecule has 22 heavy (non-hydrogen) atoms. The van der Waals surface area contributed by atoms with E-state index in [4.69, 9.17) is 4.74 Å². The summed E-state index contributed by atoms with van der Waals surface area (Å²) in [7, 11) is 0. The van der Waals surface area contributed by atoms with E-state index in [0.717, 1.165) is 11.0 Å². The van der Waals surface area contributed by atoms with Crippen molar-refractivity contribution in [2.75, 3.05) is 13.2 Å². The van der Waals surface area contributed by atoms with Crippen LogP contribution in [0.2, 0.25) is 0 Å². The van der Waals surface area contributed by atoms with Gasteiger partial charge in [0.15, 0.2) is 0 Å². The number of rotatable bonds is 6. The first-order valence-corrected chi connectivity index (χ1v) is 7.18. The molecule has 0 radical (unpaired) electrons. The van der Waals surface area contributed by atoms with Crippen LogP contribution in [0.25, 0.3) is 16.6 Å². The van der Waals surface area contributed by atoms with E-state index >= 15 is 0 Å². The lowest BCUT2D eigenvalue weighted by molar-refractivity contribution is -0.136. The summed E-state index contributed by atoms with van der Waals surface area (Å²) in [6.45, 7) is 5.61. The molecule has 6 heteroatoms. The van der Waals surface area contributed by atoms with Gasteiger partial charge in [0, 0.05) is 6.20 Å². The summed E-state index contributed by atoms with van der Waals surface area (Å²) in [5.41, 5.74) is 1.35. The van der Waals surface area contributed by atoms with Crippen LogP contribution in [0.4, 0.5) is 0 Å². The number of ether oxygens (including phenoxy) is 1.